The van der Waals surface area contributed by atoms with Gasteiger partial charge < -0.3 is 4.74 Å². The lowest BCUT2D eigenvalue weighted by atomic mass is 10.1. The number of hydrogen-bond donors (Lipinski definition) is 0. The van der Waals surface area contributed by atoms with Gasteiger partial charge in [-0.05, 0) is 32.1 Å². The summed E-state index contributed by atoms with van der Waals surface area (Å²) in [6.45, 7) is 7.21. The fraction of sp³-hybridized carbons (Fsp3) is 0.231. The molecule has 1 nitrogen and oxygen atoms in total. The lowest BCUT2D eigenvalue weighted by Gasteiger charge is -2.10. The zero-order valence-electron chi connectivity index (χ0n) is 9.64. The predicted octanol–water partition coefficient (Wildman–Crippen LogP) is 4.62. The molecule has 0 bridgehead atoms. The Labute approximate surface area is 98.2 Å². The van der Waals surface area contributed by atoms with Crippen molar-refractivity contribution in [1.29, 1.82) is 0 Å². The van der Waals surface area contributed by atoms with Crippen molar-refractivity contribution in [1.82, 2.24) is 0 Å². The van der Waals surface area contributed by atoms with E-state index in [0.29, 0.717) is 17.1 Å². The van der Waals surface area contributed by atoms with Crippen LogP contribution in [0.3, 0.4) is 0 Å². The Morgan fingerprint density at radius 3 is 2.18 bits per heavy atom. The van der Waals surface area contributed by atoms with Gasteiger partial charge in [-0.15, -0.1) is 0 Å². The molecule has 0 saturated carbocycles. The molecule has 0 unspecified atom stereocenters. The van der Waals surface area contributed by atoms with Crippen LogP contribution in [0.4, 0.5) is 13.2 Å². The van der Waals surface area contributed by atoms with Crippen LogP contribution in [0, 0.1) is 0 Å². The fourth-order valence-electron chi connectivity index (χ4n) is 1.16. The highest BCUT2D eigenvalue weighted by Gasteiger charge is 2.30. The minimum absolute atomic E-state index is 0.328. The second-order valence-electron chi connectivity index (χ2n) is 3.50. The highest BCUT2D eigenvalue weighted by Crippen LogP contribution is 2.30. The molecule has 0 atom stereocenters. The third-order valence-corrected chi connectivity index (χ3v) is 2.22. The number of benzene rings is 1. The van der Waals surface area contributed by atoms with Gasteiger partial charge in [-0.2, -0.15) is 13.2 Å². The van der Waals surface area contributed by atoms with Gasteiger partial charge in [-0.1, -0.05) is 18.7 Å². The summed E-state index contributed by atoms with van der Waals surface area (Å²) in [6, 6.07) is 4.70. The summed E-state index contributed by atoms with van der Waals surface area (Å²) in [5.74, 6) is 0.976. The van der Waals surface area contributed by atoms with Crippen molar-refractivity contribution in [3.63, 3.8) is 0 Å². The van der Waals surface area contributed by atoms with E-state index >= 15 is 0 Å². The molecule has 4 heteroatoms. The Kier molecular flexibility index (Phi) is 3.99. The molecule has 17 heavy (non-hydrogen) atoms. The first-order chi connectivity index (χ1) is 7.84. The van der Waals surface area contributed by atoms with Gasteiger partial charge in [-0.25, -0.2) is 0 Å². The lowest BCUT2D eigenvalue weighted by molar-refractivity contribution is -0.137. The van der Waals surface area contributed by atoms with E-state index in [4.69, 9.17) is 4.74 Å². The van der Waals surface area contributed by atoms with Crippen molar-refractivity contribution in [2.24, 2.45) is 0 Å². The summed E-state index contributed by atoms with van der Waals surface area (Å²) in [5.41, 5.74) is -0.156. The lowest BCUT2D eigenvalue weighted by Crippen LogP contribution is -2.04. The Bertz CT molecular complexity index is 427. The summed E-state index contributed by atoms with van der Waals surface area (Å²) in [5, 5.41) is 0. The molecular weight excluding hydrogens is 229 g/mol. The van der Waals surface area contributed by atoms with Crippen LogP contribution in [0.1, 0.15) is 25.0 Å². The summed E-state index contributed by atoms with van der Waals surface area (Å²) in [7, 11) is 0. The molecular formula is C13H13F3O. The van der Waals surface area contributed by atoms with Gasteiger partial charge >= 0.3 is 6.18 Å². The monoisotopic (exact) mass is 242 g/mol. The van der Waals surface area contributed by atoms with Crippen molar-refractivity contribution < 1.29 is 17.9 Å². The third-order valence-electron chi connectivity index (χ3n) is 2.22. The fourth-order valence-corrected chi connectivity index (χ4v) is 1.16. The second kappa shape index (κ2) is 5.08. The molecule has 0 radical (unpaired) electrons. The van der Waals surface area contributed by atoms with E-state index in [1.807, 2.05) is 0 Å². The quantitative estimate of drug-likeness (QED) is 0.703. The highest BCUT2D eigenvalue weighted by atomic mass is 19.4. The van der Waals surface area contributed by atoms with Crippen LogP contribution in [0.2, 0.25) is 0 Å². The first-order valence-electron chi connectivity index (χ1n) is 5.02. The van der Waals surface area contributed by atoms with Crippen molar-refractivity contribution in [3.05, 3.63) is 53.8 Å². The molecule has 0 spiro atoms. The third kappa shape index (κ3) is 3.66. The zero-order valence-corrected chi connectivity index (χ0v) is 9.64. The molecule has 1 rings (SSSR count). The maximum Gasteiger partial charge on any atom is 0.416 e. The van der Waals surface area contributed by atoms with Crippen LogP contribution in [0.5, 0.6) is 0 Å². The molecule has 0 N–H and O–H groups in total. The number of alkyl halides is 3. The molecule has 0 aromatic heterocycles. The SMILES string of the molecule is C=C(O/C(C)=C\C)c1ccc(C(F)(F)F)cc1. The molecule has 1 aromatic rings. The molecule has 0 saturated heterocycles. The van der Waals surface area contributed by atoms with Crippen molar-refractivity contribution in [2.75, 3.05) is 0 Å². The van der Waals surface area contributed by atoms with Gasteiger partial charge in [0.05, 0.1) is 11.3 Å². The summed E-state index contributed by atoms with van der Waals surface area (Å²) in [4.78, 5) is 0. The number of hydrogen-bond acceptors (Lipinski definition) is 1. The topological polar surface area (TPSA) is 9.23 Å². The molecule has 0 heterocycles. The van der Waals surface area contributed by atoms with E-state index in [1.165, 1.54) is 12.1 Å². The summed E-state index contributed by atoms with van der Waals surface area (Å²) in [6.07, 6.45) is -2.57. The maximum atomic E-state index is 12.3. The van der Waals surface area contributed by atoms with E-state index in [0.717, 1.165) is 12.1 Å². The molecule has 0 amide bonds. The Morgan fingerprint density at radius 1 is 1.24 bits per heavy atom. The van der Waals surface area contributed by atoms with E-state index < -0.39 is 11.7 Å². The average molecular weight is 242 g/mol. The van der Waals surface area contributed by atoms with Crippen LogP contribution in [-0.4, -0.2) is 0 Å². The maximum absolute atomic E-state index is 12.3. The van der Waals surface area contributed by atoms with Gasteiger partial charge in [0, 0.05) is 5.56 Å². The molecule has 0 aliphatic carbocycles. The van der Waals surface area contributed by atoms with Crippen molar-refractivity contribution in [3.8, 4) is 0 Å². The number of ether oxygens (including phenoxy) is 1. The number of rotatable bonds is 3. The minimum atomic E-state index is -4.32. The molecule has 0 aliphatic rings. The normalized spacial score (nSPS) is 12.4. The smallest absolute Gasteiger partial charge is 0.416 e. The molecule has 92 valence electrons. The Hall–Kier alpha value is -1.71. The minimum Gasteiger partial charge on any atom is -0.462 e. The van der Waals surface area contributed by atoms with Crippen molar-refractivity contribution in [2.45, 2.75) is 20.0 Å². The van der Waals surface area contributed by atoms with Gasteiger partial charge in [0.2, 0.25) is 0 Å². The highest BCUT2D eigenvalue weighted by molar-refractivity contribution is 5.58. The number of allylic oxidation sites excluding steroid dienone is 2. The zero-order chi connectivity index (χ0) is 13.1. The predicted molar refractivity (Wildman–Crippen MR) is 61.0 cm³/mol. The van der Waals surface area contributed by atoms with Crippen LogP contribution < -0.4 is 0 Å². The number of halogens is 3. The van der Waals surface area contributed by atoms with Crippen LogP contribution in [0.15, 0.2) is 42.7 Å². The molecule has 0 fully saturated rings. The van der Waals surface area contributed by atoms with Crippen molar-refractivity contribution >= 4 is 5.76 Å². The van der Waals surface area contributed by atoms with E-state index in [2.05, 4.69) is 6.58 Å². The largest absolute Gasteiger partial charge is 0.462 e. The van der Waals surface area contributed by atoms with E-state index in [1.54, 1.807) is 19.9 Å². The Morgan fingerprint density at radius 2 is 1.76 bits per heavy atom. The van der Waals surface area contributed by atoms with Gasteiger partial charge in [0.25, 0.3) is 0 Å². The molecule has 1 aromatic carbocycles. The summed E-state index contributed by atoms with van der Waals surface area (Å²) >= 11 is 0. The first-order valence-corrected chi connectivity index (χ1v) is 5.02. The Balaban J connectivity index is 2.85. The van der Waals surface area contributed by atoms with Crippen LogP contribution in [0.25, 0.3) is 5.76 Å². The van der Waals surface area contributed by atoms with Gasteiger partial charge in [0.15, 0.2) is 0 Å². The molecule has 0 aliphatic heterocycles. The average Bonchev–Trinajstić information content (AvgIpc) is 2.27. The summed E-state index contributed by atoms with van der Waals surface area (Å²) < 4.78 is 42.3. The standard InChI is InChI=1S/C13H13F3O/c1-4-9(2)17-10(3)11-5-7-12(8-6-11)13(14,15)16/h4-8H,3H2,1-2H3/b9-4-. The second-order valence-corrected chi connectivity index (χ2v) is 3.50. The van der Waals surface area contributed by atoms with Crippen LogP contribution in [-0.2, 0) is 10.9 Å². The van der Waals surface area contributed by atoms with Gasteiger partial charge in [0.1, 0.15) is 5.76 Å². The van der Waals surface area contributed by atoms with E-state index in [9.17, 15) is 13.2 Å². The first kappa shape index (κ1) is 13.4. The van der Waals surface area contributed by atoms with Gasteiger partial charge in [-0.3, -0.25) is 0 Å². The van der Waals surface area contributed by atoms with E-state index in [-0.39, 0.29) is 0 Å². The van der Waals surface area contributed by atoms with Crippen LogP contribution >= 0.6 is 0 Å².